The fourth-order valence-electron chi connectivity index (χ4n) is 4.40. The number of hydrogen-bond acceptors (Lipinski definition) is 5. The van der Waals surface area contributed by atoms with Crippen LogP contribution in [-0.4, -0.2) is 41.2 Å². The van der Waals surface area contributed by atoms with E-state index in [0.29, 0.717) is 6.54 Å². The molecule has 30 heavy (non-hydrogen) atoms. The van der Waals surface area contributed by atoms with Crippen molar-refractivity contribution in [2.24, 2.45) is 0 Å². The van der Waals surface area contributed by atoms with E-state index in [0.717, 1.165) is 53.9 Å². The highest BCUT2D eigenvalue weighted by atomic mass is 16.5. The van der Waals surface area contributed by atoms with E-state index in [-0.39, 0.29) is 12.1 Å². The van der Waals surface area contributed by atoms with Crippen molar-refractivity contribution in [1.82, 2.24) is 14.7 Å². The zero-order chi connectivity index (χ0) is 20.9. The molecular weight excluding hydrogens is 378 g/mol. The van der Waals surface area contributed by atoms with Crippen LogP contribution in [0, 0.1) is 0 Å². The third kappa shape index (κ3) is 3.96. The molecular formula is C24H27N3O3. The first-order valence-electron chi connectivity index (χ1n) is 10.3. The van der Waals surface area contributed by atoms with Gasteiger partial charge in [0.15, 0.2) is 0 Å². The lowest BCUT2D eigenvalue weighted by Gasteiger charge is -2.41. The molecule has 1 aliphatic rings. The van der Waals surface area contributed by atoms with Crippen LogP contribution in [0.15, 0.2) is 60.9 Å². The maximum absolute atomic E-state index is 12.0. The van der Waals surface area contributed by atoms with Gasteiger partial charge in [0.2, 0.25) is 0 Å². The molecule has 2 unspecified atom stereocenters. The van der Waals surface area contributed by atoms with E-state index in [9.17, 15) is 4.79 Å². The molecule has 0 radical (unpaired) electrons. The highest BCUT2D eigenvalue weighted by Gasteiger charge is 2.34. The van der Waals surface area contributed by atoms with Gasteiger partial charge >= 0.3 is 0 Å². The van der Waals surface area contributed by atoms with Crippen molar-refractivity contribution in [1.29, 1.82) is 0 Å². The van der Waals surface area contributed by atoms with Crippen LogP contribution < -0.4 is 9.47 Å². The standard InChI is InChI=1S/C24H27N3O3/c1-29-22-11-5-12-23(30-2)24(22)21-10-4-9-20(17-28)26(21)16-18-7-3-8-19(15-18)27-14-6-13-25-27/h3,5-8,11-15,17,20-21H,4,9-10,16H2,1-2H3. The second-order valence-electron chi connectivity index (χ2n) is 7.52. The van der Waals surface area contributed by atoms with Crippen molar-refractivity contribution in [3.8, 4) is 17.2 Å². The minimum Gasteiger partial charge on any atom is -0.496 e. The lowest BCUT2D eigenvalue weighted by Crippen LogP contribution is -2.42. The summed E-state index contributed by atoms with van der Waals surface area (Å²) in [4.78, 5) is 14.3. The quantitative estimate of drug-likeness (QED) is 0.552. The van der Waals surface area contributed by atoms with Gasteiger partial charge in [0.25, 0.3) is 0 Å². The molecule has 0 saturated carbocycles. The van der Waals surface area contributed by atoms with Crippen LogP contribution in [-0.2, 0) is 11.3 Å². The number of aromatic nitrogens is 2. The summed E-state index contributed by atoms with van der Waals surface area (Å²) in [6.07, 6.45) is 7.56. The Morgan fingerprint density at radius 2 is 1.83 bits per heavy atom. The Bertz CT molecular complexity index is 965. The van der Waals surface area contributed by atoms with Gasteiger partial charge in [-0.15, -0.1) is 0 Å². The first-order chi connectivity index (χ1) is 14.7. The molecule has 0 amide bonds. The maximum atomic E-state index is 12.0. The average molecular weight is 405 g/mol. The Morgan fingerprint density at radius 3 is 2.50 bits per heavy atom. The molecule has 0 aliphatic carbocycles. The summed E-state index contributed by atoms with van der Waals surface area (Å²) in [5.74, 6) is 1.59. The number of ether oxygens (including phenoxy) is 2. The van der Waals surface area contributed by atoms with E-state index in [1.54, 1.807) is 20.4 Å². The molecule has 1 aromatic heterocycles. The Hall–Kier alpha value is -3.12. The summed E-state index contributed by atoms with van der Waals surface area (Å²) in [6.45, 7) is 0.657. The lowest BCUT2D eigenvalue weighted by atomic mass is 9.89. The Labute approximate surface area is 177 Å². The molecule has 1 aliphatic heterocycles. The van der Waals surface area contributed by atoms with Crippen molar-refractivity contribution < 1.29 is 14.3 Å². The van der Waals surface area contributed by atoms with E-state index in [1.165, 1.54) is 0 Å². The number of methoxy groups -OCH3 is 2. The Balaban J connectivity index is 1.71. The van der Waals surface area contributed by atoms with Crippen molar-refractivity contribution >= 4 is 6.29 Å². The molecule has 2 heterocycles. The van der Waals surface area contributed by atoms with Crippen molar-refractivity contribution in [3.05, 3.63) is 72.1 Å². The van der Waals surface area contributed by atoms with E-state index in [1.807, 2.05) is 47.3 Å². The summed E-state index contributed by atoms with van der Waals surface area (Å²) in [6, 6.07) is 15.9. The van der Waals surface area contributed by atoms with Gasteiger partial charge in [0.1, 0.15) is 17.8 Å². The Kier molecular flexibility index (Phi) is 6.14. The van der Waals surface area contributed by atoms with Gasteiger partial charge in [-0.05, 0) is 55.2 Å². The molecule has 156 valence electrons. The SMILES string of the molecule is COc1cccc(OC)c1C1CCCC(C=O)N1Cc1cccc(-n2cccn2)c1. The van der Waals surface area contributed by atoms with E-state index in [2.05, 4.69) is 22.1 Å². The van der Waals surface area contributed by atoms with Gasteiger partial charge in [-0.1, -0.05) is 18.2 Å². The predicted octanol–water partition coefficient (Wildman–Crippen LogP) is 4.18. The molecule has 2 aromatic carbocycles. The van der Waals surface area contributed by atoms with Crippen LogP contribution in [0.2, 0.25) is 0 Å². The number of nitrogens with zero attached hydrogens (tertiary/aromatic N) is 3. The molecule has 1 fully saturated rings. The molecule has 0 spiro atoms. The third-order valence-electron chi connectivity index (χ3n) is 5.80. The van der Waals surface area contributed by atoms with Crippen LogP contribution in [0.3, 0.4) is 0 Å². The summed E-state index contributed by atoms with van der Waals surface area (Å²) in [7, 11) is 3.35. The highest BCUT2D eigenvalue weighted by molar-refractivity contribution is 5.59. The summed E-state index contributed by atoms with van der Waals surface area (Å²) in [5.41, 5.74) is 3.15. The van der Waals surface area contributed by atoms with Crippen molar-refractivity contribution in [2.45, 2.75) is 37.9 Å². The van der Waals surface area contributed by atoms with Gasteiger partial charge in [-0.25, -0.2) is 4.68 Å². The van der Waals surface area contributed by atoms with Gasteiger partial charge in [-0.3, -0.25) is 4.90 Å². The summed E-state index contributed by atoms with van der Waals surface area (Å²) >= 11 is 0. The van der Waals surface area contributed by atoms with Crippen molar-refractivity contribution in [2.75, 3.05) is 14.2 Å². The van der Waals surface area contributed by atoms with E-state index in [4.69, 9.17) is 9.47 Å². The minimum atomic E-state index is -0.147. The van der Waals surface area contributed by atoms with Gasteiger partial charge in [-0.2, -0.15) is 5.10 Å². The van der Waals surface area contributed by atoms with E-state index >= 15 is 0 Å². The van der Waals surface area contributed by atoms with Crippen LogP contribution in [0.25, 0.3) is 5.69 Å². The fourth-order valence-corrected chi connectivity index (χ4v) is 4.40. The van der Waals surface area contributed by atoms with Crippen LogP contribution >= 0.6 is 0 Å². The van der Waals surface area contributed by atoms with Gasteiger partial charge in [0, 0.05) is 25.0 Å². The molecule has 0 N–H and O–H groups in total. The van der Waals surface area contributed by atoms with Crippen molar-refractivity contribution in [3.63, 3.8) is 0 Å². The minimum absolute atomic E-state index is 0.0356. The zero-order valence-corrected chi connectivity index (χ0v) is 17.4. The highest BCUT2D eigenvalue weighted by Crippen LogP contribution is 2.43. The number of likely N-dealkylation sites (tertiary alicyclic amines) is 1. The largest absolute Gasteiger partial charge is 0.496 e. The van der Waals surface area contributed by atoms with E-state index < -0.39 is 0 Å². The summed E-state index contributed by atoms with van der Waals surface area (Å²) < 4.78 is 13.2. The molecule has 4 rings (SSSR count). The van der Waals surface area contributed by atoms with Crippen LogP contribution in [0.1, 0.15) is 36.4 Å². The molecule has 2 atom stereocenters. The fraction of sp³-hybridized carbons (Fsp3) is 0.333. The van der Waals surface area contributed by atoms with Crippen LogP contribution in [0.5, 0.6) is 11.5 Å². The number of rotatable bonds is 7. The third-order valence-corrected chi connectivity index (χ3v) is 5.80. The maximum Gasteiger partial charge on any atom is 0.137 e. The normalized spacial score (nSPS) is 19.4. The first kappa shape index (κ1) is 20.2. The molecule has 6 heteroatoms. The number of carbonyl (C=O) groups excluding carboxylic acids is 1. The zero-order valence-electron chi connectivity index (χ0n) is 17.4. The number of hydrogen-bond donors (Lipinski definition) is 0. The lowest BCUT2D eigenvalue weighted by molar-refractivity contribution is -0.115. The smallest absolute Gasteiger partial charge is 0.137 e. The predicted molar refractivity (Wildman–Crippen MR) is 115 cm³/mol. The first-order valence-corrected chi connectivity index (χ1v) is 10.3. The number of aldehydes is 1. The average Bonchev–Trinajstić information content (AvgIpc) is 3.34. The van der Waals surface area contributed by atoms with Gasteiger partial charge in [0.05, 0.1) is 31.5 Å². The molecule has 0 bridgehead atoms. The Morgan fingerprint density at radius 1 is 1.07 bits per heavy atom. The number of carbonyl (C=O) groups is 1. The van der Waals surface area contributed by atoms with Gasteiger partial charge < -0.3 is 14.3 Å². The number of benzene rings is 2. The molecule has 6 nitrogen and oxygen atoms in total. The topological polar surface area (TPSA) is 56.6 Å². The monoisotopic (exact) mass is 405 g/mol. The second kappa shape index (κ2) is 9.13. The molecule has 1 saturated heterocycles. The van der Waals surface area contributed by atoms with Crippen LogP contribution in [0.4, 0.5) is 0 Å². The second-order valence-corrected chi connectivity index (χ2v) is 7.52. The number of piperidine rings is 1. The molecule has 3 aromatic rings. The summed E-state index contributed by atoms with van der Waals surface area (Å²) in [5, 5.41) is 4.33.